The Balaban J connectivity index is 1.61. The van der Waals surface area contributed by atoms with Gasteiger partial charge in [0, 0.05) is 11.1 Å². The highest BCUT2D eigenvalue weighted by Gasteiger charge is 2.21. The minimum atomic E-state index is -0.639. The fraction of sp³-hybridized carbons (Fsp3) is 0.125. The van der Waals surface area contributed by atoms with Crippen LogP contribution < -0.4 is 21.3 Å². The third-order valence-electron chi connectivity index (χ3n) is 5.31. The summed E-state index contributed by atoms with van der Waals surface area (Å²) in [5.74, 6) is 0.650. The highest BCUT2D eigenvalue weighted by Crippen LogP contribution is 2.25. The lowest BCUT2D eigenvalue weighted by atomic mass is 10.2. The zero-order valence-corrected chi connectivity index (χ0v) is 17.6. The van der Waals surface area contributed by atoms with Crippen molar-refractivity contribution in [1.29, 1.82) is 0 Å². The normalized spacial score (nSPS) is 11.2. The monoisotopic (exact) mass is 445 g/mol. The van der Waals surface area contributed by atoms with E-state index in [9.17, 15) is 14.4 Å². The number of hydrogen-bond donors (Lipinski definition) is 1. The molecular formula is C24H19N3O6. The van der Waals surface area contributed by atoms with E-state index in [-0.39, 0.29) is 24.2 Å². The van der Waals surface area contributed by atoms with Gasteiger partial charge in [-0.3, -0.25) is 14.2 Å². The second kappa shape index (κ2) is 8.19. The Morgan fingerprint density at radius 1 is 1.00 bits per heavy atom. The van der Waals surface area contributed by atoms with Crippen molar-refractivity contribution in [1.82, 2.24) is 9.13 Å². The number of hydrogen-bond acceptors (Lipinski definition) is 6. The maximum atomic E-state index is 13.4. The van der Waals surface area contributed by atoms with Gasteiger partial charge in [0.25, 0.3) is 5.56 Å². The standard InChI is InChI=1S/C24H19N3O6/c1-31-16-10-8-15(9-11-16)25-20(28)14-26-21-18-6-2-3-7-19(18)33-22(21)23(29)27(24(26)30)13-17-5-4-12-32-17/h2-12H,13-14H2,1H3,(H,25,28). The maximum Gasteiger partial charge on any atom is 0.332 e. The lowest BCUT2D eigenvalue weighted by molar-refractivity contribution is -0.116. The van der Waals surface area contributed by atoms with Crippen LogP contribution in [-0.2, 0) is 17.9 Å². The smallest absolute Gasteiger partial charge is 0.332 e. The highest BCUT2D eigenvalue weighted by molar-refractivity contribution is 6.03. The van der Waals surface area contributed by atoms with Gasteiger partial charge in [0.05, 0.1) is 19.9 Å². The number of fused-ring (bicyclic) bond motifs is 3. The second-order valence-corrected chi connectivity index (χ2v) is 7.39. The average molecular weight is 445 g/mol. The molecule has 1 N–H and O–H groups in total. The molecule has 2 aromatic carbocycles. The van der Waals surface area contributed by atoms with Crippen LogP contribution in [0.15, 0.2) is 85.4 Å². The minimum Gasteiger partial charge on any atom is -0.497 e. The first kappa shape index (κ1) is 20.4. The number of methoxy groups -OCH3 is 1. The molecule has 0 fully saturated rings. The van der Waals surface area contributed by atoms with Gasteiger partial charge in [-0.25, -0.2) is 9.36 Å². The van der Waals surface area contributed by atoms with E-state index in [0.717, 1.165) is 4.57 Å². The lowest BCUT2D eigenvalue weighted by Gasteiger charge is -2.12. The number of anilines is 1. The van der Waals surface area contributed by atoms with E-state index >= 15 is 0 Å². The third kappa shape index (κ3) is 3.69. The SMILES string of the molecule is COc1ccc(NC(=O)Cn2c(=O)n(Cc3ccco3)c(=O)c3oc4ccccc4c32)cc1. The number of para-hydroxylation sites is 1. The molecule has 0 aliphatic carbocycles. The van der Waals surface area contributed by atoms with Gasteiger partial charge in [0.2, 0.25) is 11.5 Å². The summed E-state index contributed by atoms with van der Waals surface area (Å²) in [6, 6.07) is 17.1. The predicted molar refractivity (Wildman–Crippen MR) is 122 cm³/mol. The Bertz CT molecular complexity index is 1570. The number of ether oxygens (including phenoxy) is 1. The number of nitrogens with zero attached hydrogens (tertiary/aromatic N) is 2. The first-order valence-electron chi connectivity index (χ1n) is 10.2. The number of carbonyl (C=O) groups is 1. The molecule has 3 aromatic heterocycles. The van der Waals surface area contributed by atoms with Gasteiger partial charge in [-0.05, 0) is 48.5 Å². The van der Waals surface area contributed by atoms with Crippen molar-refractivity contribution in [2.45, 2.75) is 13.1 Å². The minimum absolute atomic E-state index is 0.000367. The lowest BCUT2D eigenvalue weighted by Crippen LogP contribution is -2.41. The zero-order chi connectivity index (χ0) is 22.9. The van der Waals surface area contributed by atoms with Gasteiger partial charge >= 0.3 is 5.69 Å². The largest absolute Gasteiger partial charge is 0.497 e. The summed E-state index contributed by atoms with van der Waals surface area (Å²) in [7, 11) is 1.55. The molecule has 3 heterocycles. The molecule has 166 valence electrons. The molecule has 0 aliphatic heterocycles. The van der Waals surface area contributed by atoms with E-state index in [4.69, 9.17) is 13.6 Å². The van der Waals surface area contributed by atoms with Crippen LogP contribution in [0.5, 0.6) is 5.75 Å². The predicted octanol–water partition coefficient (Wildman–Crippen LogP) is 3.20. The first-order valence-corrected chi connectivity index (χ1v) is 10.2. The molecule has 33 heavy (non-hydrogen) atoms. The first-order chi connectivity index (χ1) is 16.0. The number of rotatable bonds is 6. The van der Waals surface area contributed by atoms with Gasteiger partial charge in [0.1, 0.15) is 29.2 Å². The Hall–Kier alpha value is -4.53. The fourth-order valence-corrected chi connectivity index (χ4v) is 3.76. The van der Waals surface area contributed by atoms with E-state index in [0.29, 0.717) is 28.2 Å². The summed E-state index contributed by atoms with van der Waals surface area (Å²) in [4.78, 5) is 39.4. The molecule has 9 nitrogen and oxygen atoms in total. The second-order valence-electron chi connectivity index (χ2n) is 7.39. The van der Waals surface area contributed by atoms with Crippen LogP contribution in [0, 0.1) is 0 Å². The van der Waals surface area contributed by atoms with Crippen LogP contribution in [-0.4, -0.2) is 22.2 Å². The van der Waals surface area contributed by atoms with Crippen LogP contribution >= 0.6 is 0 Å². The molecule has 9 heteroatoms. The summed E-state index contributed by atoms with van der Waals surface area (Å²) in [6.07, 6.45) is 1.46. The van der Waals surface area contributed by atoms with Gasteiger partial charge in [-0.2, -0.15) is 0 Å². The molecule has 5 rings (SSSR count). The van der Waals surface area contributed by atoms with Gasteiger partial charge in [-0.1, -0.05) is 12.1 Å². The summed E-state index contributed by atoms with van der Waals surface area (Å²) in [5, 5.41) is 3.34. The summed E-state index contributed by atoms with van der Waals surface area (Å²) in [5.41, 5.74) is 0.0469. The Labute approximate surface area is 186 Å². The van der Waals surface area contributed by atoms with E-state index in [2.05, 4.69) is 5.32 Å². The quantitative estimate of drug-likeness (QED) is 0.430. The van der Waals surface area contributed by atoms with Crippen LogP contribution in [0.3, 0.4) is 0 Å². The zero-order valence-electron chi connectivity index (χ0n) is 17.6. The average Bonchev–Trinajstić information content (AvgIpc) is 3.48. The summed E-state index contributed by atoms with van der Waals surface area (Å²) >= 11 is 0. The molecule has 0 unspecified atom stereocenters. The number of carbonyl (C=O) groups excluding carboxylic acids is 1. The van der Waals surface area contributed by atoms with E-state index in [1.807, 2.05) is 0 Å². The maximum absolute atomic E-state index is 13.4. The fourth-order valence-electron chi connectivity index (χ4n) is 3.76. The van der Waals surface area contributed by atoms with E-state index < -0.39 is 17.2 Å². The van der Waals surface area contributed by atoms with E-state index in [1.165, 1.54) is 10.8 Å². The van der Waals surface area contributed by atoms with Crippen molar-refractivity contribution >= 4 is 33.7 Å². The summed E-state index contributed by atoms with van der Waals surface area (Å²) < 4.78 is 18.5. The number of amides is 1. The molecular weight excluding hydrogens is 426 g/mol. The number of furan rings is 2. The summed E-state index contributed by atoms with van der Waals surface area (Å²) in [6.45, 7) is -0.402. The van der Waals surface area contributed by atoms with Crippen molar-refractivity contribution < 1.29 is 18.4 Å². The van der Waals surface area contributed by atoms with Gasteiger partial charge < -0.3 is 18.9 Å². The van der Waals surface area contributed by atoms with Crippen LogP contribution in [0.2, 0.25) is 0 Å². The van der Waals surface area contributed by atoms with E-state index in [1.54, 1.807) is 67.8 Å². The Kier molecular flexibility index (Phi) is 5.06. The molecule has 1 amide bonds. The molecule has 0 saturated heterocycles. The van der Waals surface area contributed by atoms with Crippen LogP contribution in [0.4, 0.5) is 5.69 Å². The van der Waals surface area contributed by atoms with Crippen molar-refractivity contribution in [2.24, 2.45) is 0 Å². The Morgan fingerprint density at radius 2 is 1.79 bits per heavy atom. The number of benzene rings is 2. The van der Waals surface area contributed by atoms with Crippen LogP contribution in [0.25, 0.3) is 22.1 Å². The third-order valence-corrected chi connectivity index (χ3v) is 5.31. The molecule has 0 spiro atoms. The van der Waals surface area contributed by atoms with Gasteiger partial charge in [0.15, 0.2) is 0 Å². The molecule has 0 aliphatic rings. The molecule has 0 atom stereocenters. The van der Waals surface area contributed by atoms with Crippen molar-refractivity contribution in [3.8, 4) is 5.75 Å². The van der Waals surface area contributed by atoms with Crippen molar-refractivity contribution in [2.75, 3.05) is 12.4 Å². The Morgan fingerprint density at radius 3 is 2.52 bits per heavy atom. The topological polar surface area (TPSA) is 109 Å². The van der Waals surface area contributed by atoms with Crippen molar-refractivity contribution in [3.05, 3.63) is 93.5 Å². The molecule has 0 bridgehead atoms. The van der Waals surface area contributed by atoms with Gasteiger partial charge in [-0.15, -0.1) is 0 Å². The number of aromatic nitrogens is 2. The highest BCUT2D eigenvalue weighted by atomic mass is 16.5. The molecule has 0 radical (unpaired) electrons. The number of nitrogens with one attached hydrogen (secondary N) is 1. The van der Waals surface area contributed by atoms with Crippen LogP contribution in [0.1, 0.15) is 5.76 Å². The van der Waals surface area contributed by atoms with Crippen molar-refractivity contribution in [3.63, 3.8) is 0 Å². The molecule has 5 aromatic rings. The molecule has 0 saturated carbocycles.